The normalized spacial score (nSPS) is 24.7. The number of morpholine rings is 1. The number of carbonyl (C=O) groups excluding carboxylic acids is 2. The van der Waals surface area contributed by atoms with Gasteiger partial charge in [-0.1, -0.05) is 37.3 Å². The van der Waals surface area contributed by atoms with E-state index < -0.39 is 6.04 Å². The molecule has 1 aliphatic carbocycles. The summed E-state index contributed by atoms with van der Waals surface area (Å²) in [6, 6.07) is 9.42. The van der Waals surface area contributed by atoms with Gasteiger partial charge in [-0.25, -0.2) is 0 Å². The number of carbonyl (C=O) groups is 2. The van der Waals surface area contributed by atoms with Crippen LogP contribution in [-0.4, -0.2) is 49.1 Å². The standard InChI is InChI=1S/C21H30N2O3/c1-16-7-9-18(10-8-16)20(24)22-19(15-17-5-3-2-4-6-17)21(25)23-11-13-26-14-12-23/h2-6,16,18-19H,7-15H2,1H3,(H,22,24). The zero-order valence-electron chi connectivity index (χ0n) is 15.7. The van der Waals surface area contributed by atoms with E-state index >= 15 is 0 Å². The Bertz CT molecular complexity index is 591. The fourth-order valence-corrected chi connectivity index (χ4v) is 3.87. The summed E-state index contributed by atoms with van der Waals surface area (Å²) in [5, 5.41) is 3.08. The summed E-state index contributed by atoms with van der Waals surface area (Å²) in [4.78, 5) is 27.6. The highest BCUT2D eigenvalue weighted by molar-refractivity contribution is 5.88. The Morgan fingerprint density at radius 2 is 1.77 bits per heavy atom. The molecule has 2 fully saturated rings. The minimum absolute atomic E-state index is 0.00896. The summed E-state index contributed by atoms with van der Waals surface area (Å²) in [6.45, 7) is 4.58. The number of hydrogen-bond acceptors (Lipinski definition) is 3. The number of rotatable bonds is 5. The Morgan fingerprint density at radius 3 is 2.42 bits per heavy atom. The van der Waals surface area contributed by atoms with E-state index in [2.05, 4.69) is 12.2 Å². The van der Waals surface area contributed by atoms with Crippen LogP contribution in [0.4, 0.5) is 0 Å². The van der Waals surface area contributed by atoms with Crippen molar-refractivity contribution in [1.82, 2.24) is 10.2 Å². The number of hydrogen-bond donors (Lipinski definition) is 1. The zero-order chi connectivity index (χ0) is 18.4. The monoisotopic (exact) mass is 358 g/mol. The molecular formula is C21H30N2O3. The third kappa shape index (κ3) is 5.07. The zero-order valence-corrected chi connectivity index (χ0v) is 15.7. The molecule has 2 amide bonds. The summed E-state index contributed by atoms with van der Waals surface area (Å²) in [6.07, 6.45) is 4.58. The first kappa shape index (κ1) is 18.9. The highest BCUT2D eigenvalue weighted by Gasteiger charge is 2.31. The number of nitrogens with one attached hydrogen (secondary N) is 1. The lowest BCUT2D eigenvalue weighted by Crippen LogP contribution is -2.53. The lowest BCUT2D eigenvalue weighted by molar-refractivity contribution is -0.140. The van der Waals surface area contributed by atoms with Gasteiger partial charge in [0.25, 0.3) is 0 Å². The van der Waals surface area contributed by atoms with Crippen LogP contribution in [0.5, 0.6) is 0 Å². The second-order valence-electron chi connectivity index (χ2n) is 7.65. The van der Waals surface area contributed by atoms with Crippen molar-refractivity contribution in [3.05, 3.63) is 35.9 Å². The number of amides is 2. The molecule has 1 heterocycles. The van der Waals surface area contributed by atoms with E-state index in [1.807, 2.05) is 35.2 Å². The van der Waals surface area contributed by atoms with Crippen molar-refractivity contribution >= 4 is 11.8 Å². The molecule has 1 atom stereocenters. The number of benzene rings is 1. The molecule has 1 aliphatic heterocycles. The van der Waals surface area contributed by atoms with E-state index in [-0.39, 0.29) is 17.7 Å². The third-order valence-electron chi connectivity index (χ3n) is 5.61. The van der Waals surface area contributed by atoms with Crippen LogP contribution in [0.3, 0.4) is 0 Å². The van der Waals surface area contributed by atoms with Crippen LogP contribution in [-0.2, 0) is 20.7 Å². The molecule has 1 aromatic carbocycles. The van der Waals surface area contributed by atoms with E-state index in [9.17, 15) is 9.59 Å². The maximum Gasteiger partial charge on any atom is 0.245 e. The van der Waals surface area contributed by atoms with Gasteiger partial charge in [0.2, 0.25) is 11.8 Å². The van der Waals surface area contributed by atoms with Gasteiger partial charge in [0.1, 0.15) is 6.04 Å². The van der Waals surface area contributed by atoms with Gasteiger partial charge in [-0.3, -0.25) is 9.59 Å². The fourth-order valence-electron chi connectivity index (χ4n) is 3.87. The van der Waals surface area contributed by atoms with Gasteiger partial charge in [-0.15, -0.1) is 0 Å². The van der Waals surface area contributed by atoms with Gasteiger partial charge >= 0.3 is 0 Å². The van der Waals surface area contributed by atoms with Crippen LogP contribution < -0.4 is 5.32 Å². The number of nitrogens with zero attached hydrogens (tertiary/aromatic N) is 1. The van der Waals surface area contributed by atoms with Gasteiger partial charge in [0, 0.05) is 25.4 Å². The summed E-state index contributed by atoms with van der Waals surface area (Å²) in [5.41, 5.74) is 1.07. The summed E-state index contributed by atoms with van der Waals surface area (Å²) in [7, 11) is 0. The Morgan fingerprint density at radius 1 is 1.12 bits per heavy atom. The van der Waals surface area contributed by atoms with Crippen LogP contribution in [0.15, 0.2) is 30.3 Å². The fraction of sp³-hybridized carbons (Fsp3) is 0.619. The van der Waals surface area contributed by atoms with Gasteiger partial charge < -0.3 is 15.0 Å². The minimum Gasteiger partial charge on any atom is -0.378 e. The van der Waals surface area contributed by atoms with Crippen molar-refractivity contribution in [2.45, 2.75) is 45.1 Å². The first-order chi connectivity index (χ1) is 12.6. The van der Waals surface area contributed by atoms with Crippen LogP contribution in [0.25, 0.3) is 0 Å². The summed E-state index contributed by atoms with van der Waals surface area (Å²) in [5.74, 6) is 0.797. The molecule has 26 heavy (non-hydrogen) atoms. The van der Waals surface area contributed by atoms with Gasteiger partial charge in [0.05, 0.1) is 13.2 Å². The molecule has 5 nitrogen and oxygen atoms in total. The van der Waals surface area contributed by atoms with E-state index in [1.165, 1.54) is 0 Å². The molecule has 3 rings (SSSR count). The van der Waals surface area contributed by atoms with E-state index in [0.717, 1.165) is 31.2 Å². The van der Waals surface area contributed by atoms with Crippen molar-refractivity contribution in [1.29, 1.82) is 0 Å². The van der Waals surface area contributed by atoms with Gasteiger partial charge in [-0.05, 0) is 37.2 Å². The molecular weight excluding hydrogens is 328 g/mol. The maximum absolute atomic E-state index is 13.0. The Balaban J connectivity index is 1.67. The van der Waals surface area contributed by atoms with Crippen molar-refractivity contribution < 1.29 is 14.3 Å². The second-order valence-corrected chi connectivity index (χ2v) is 7.65. The van der Waals surface area contributed by atoms with Crippen LogP contribution in [0.2, 0.25) is 0 Å². The largest absolute Gasteiger partial charge is 0.378 e. The molecule has 1 aromatic rings. The molecule has 1 N–H and O–H groups in total. The van der Waals surface area contributed by atoms with E-state index in [1.54, 1.807) is 0 Å². The molecule has 0 aromatic heterocycles. The topological polar surface area (TPSA) is 58.6 Å². The maximum atomic E-state index is 13.0. The van der Waals surface area contributed by atoms with Gasteiger partial charge in [-0.2, -0.15) is 0 Å². The molecule has 1 unspecified atom stereocenters. The predicted octanol–water partition coefficient (Wildman–Crippen LogP) is 2.40. The Labute approximate surface area is 156 Å². The van der Waals surface area contributed by atoms with Crippen LogP contribution >= 0.6 is 0 Å². The molecule has 5 heteroatoms. The molecule has 0 radical (unpaired) electrons. The molecule has 0 spiro atoms. The van der Waals surface area contributed by atoms with Crippen LogP contribution in [0, 0.1) is 11.8 Å². The van der Waals surface area contributed by atoms with Crippen molar-refractivity contribution in [3.8, 4) is 0 Å². The third-order valence-corrected chi connectivity index (χ3v) is 5.61. The Hall–Kier alpha value is -1.88. The lowest BCUT2D eigenvalue weighted by atomic mass is 9.82. The molecule has 2 aliphatic rings. The van der Waals surface area contributed by atoms with Crippen molar-refractivity contribution in [2.24, 2.45) is 11.8 Å². The minimum atomic E-state index is -0.498. The highest BCUT2D eigenvalue weighted by atomic mass is 16.5. The second kappa shape index (κ2) is 9.17. The SMILES string of the molecule is CC1CCC(C(=O)NC(Cc2ccccc2)C(=O)N2CCOCC2)CC1. The predicted molar refractivity (Wildman–Crippen MR) is 101 cm³/mol. The van der Waals surface area contributed by atoms with E-state index in [4.69, 9.17) is 4.74 Å². The molecule has 1 saturated carbocycles. The first-order valence-electron chi connectivity index (χ1n) is 9.84. The van der Waals surface area contributed by atoms with Gasteiger partial charge in [0.15, 0.2) is 0 Å². The molecule has 142 valence electrons. The average Bonchev–Trinajstić information content (AvgIpc) is 2.69. The van der Waals surface area contributed by atoms with Crippen molar-refractivity contribution in [2.75, 3.05) is 26.3 Å². The van der Waals surface area contributed by atoms with E-state index in [0.29, 0.717) is 38.6 Å². The summed E-state index contributed by atoms with van der Waals surface area (Å²) < 4.78 is 5.35. The van der Waals surface area contributed by atoms with Crippen molar-refractivity contribution in [3.63, 3.8) is 0 Å². The smallest absolute Gasteiger partial charge is 0.245 e. The average molecular weight is 358 g/mol. The lowest BCUT2D eigenvalue weighted by Gasteiger charge is -2.32. The number of ether oxygens (including phenoxy) is 1. The quantitative estimate of drug-likeness (QED) is 0.879. The Kier molecular flexibility index (Phi) is 6.67. The molecule has 0 bridgehead atoms. The first-order valence-corrected chi connectivity index (χ1v) is 9.84. The summed E-state index contributed by atoms with van der Waals surface area (Å²) >= 11 is 0. The highest BCUT2D eigenvalue weighted by Crippen LogP contribution is 2.28. The van der Waals surface area contributed by atoms with Crippen LogP contribution in [0.1, 0.15) is 38.2 Å². The molecule has 1 saturated heterocycles.